The molecule has 2 N–H and O–H groups in total. The predicted octanol–water partition coefficient (Wildman–Crippen LogP) is 3.33. The van der Waals surface area contributed by atoms with Crippen LogP contribution in [0.15, 0.2) is 44.4 Å². The number of furan rings is 1. The van der Waals surface area contributed by atoms with E-state index in [1.165, 1.54) is 0 Å². The minimum Gasteiger partial charge on any atom is -0.493 e. The van der Waals surface area contributed by atoms with Gasteiger partial charge in [0.05, 0.1) is 25.0 Å². The maximum absolute atomic E-state index is 5.56. The van der Waals surface area contributed by atoms with Crippen molar-refractivity contribution in [2.75, 3.05) is 34.4 Å². The third-order valence-electron chi connectivity index (χ3n) is 3.76. The summed E-state index contributed by atoms with van der Waals surface area (Å²) in [6, 6.07) is 7.68. The van der Waals surface area contributed by atoms with Gasteiger partial charge in [0.15, 0.2) is 17.5 Å². The number of hydrogen-bond acceptors (Lipinski definition) is 5. The van der Waals surface area contributed by atoms with Gasteiger partial charge in [0.1, 0.15) is 12.4 Å². The van der Waals surface area contributed by atoms with E-state index in [-0.39, 0.29) is 0 Å². The Labute approximate surface area is 168 Å². The van der Waals surface area contributed by atoms with Gasteiger partial charge in [-0.3, -0.25) is 4.99 Å². The molecule has 0 aliphatic carbocycles. The second-order valence-electron chi connectivity index (χ2n) is 5.65. The summed E-state index contributed by atoms with van der Waals surface area (Å²) in [4.78, 5) is 4.23. The molecule has 0 aliphatic rings. The van der Waals surface area contributed by atoms with Gasteiger partial charge in [-0.05, 0) is 52.2 Å². The van der Waals surface area contributed by atoms with Crippen LogP contribution in [0.2, 0.25) is 0 Å². The highest BCUT2D eigenvalue weighted by Gasteiger charge is 2.10. The lowest BCUT2D eigenvalue weighted by Gasteiger charge is -2.14. The molecule has 0 saturated carbocycles. The van der Waals surface area contributed by atoms with Crippen molar-refractivity contribution in [3.8, 4) is 11.5 Å². The van der Waals surface area contributed by atoms with Crippen molar-refractivity contribution in [3.05, 3.63) is 46.3 Å². The summed E-state index contributed by atoms with van der Waals surface area (Å²) >= 11 is 3.50. The van der Waals surface area contributed by atoms with E-state index in [2.05, 4.69) is 31.6 Å². The summed E-state index contributed by atoms with van der Waals surface area (Å²) < 4.78 is 22.3. The first-order valence-electron chi connectivity index (χ1n) is 8.63. The van der Waals surface area contributed by atoms with Crippen LogP contribution in [0.1, 0.15) is 17.7 Å². The van der Waals surface area contributed by atoms with Crippen LogP contribution < -0.4 is 20.1 Å². The maximum Gasteiger partial charge on any atom is 0.191 e. The van der Waals surface area contributed by atoms with E-state index in [1.807, 2.05) is 24.3 Å². The quantitative estimate of drug-likeness (QED) is 0.335. The van der Waals surface area contributed by atoms with E-state index >= 15 is 0 Å². The Hall–Kier alpha value is -2.19. The summed E-state index contributed by atoms with van der Waals surface area (Å²) in [7, 11) is 4.98. The first-order valence-corrected chi connectivity index (χ1v) is 9.42. The third-order valence-corrected chi connectivity index (χ3v) is 4.35. The molecule has 27 heavy (non-hydrogen) atoms. The molecule has 2 rings (SSSR count). The molecule has 0 fully saturated rings. The van der Waals surface area contributed by atoms with Crippen LogP contribution in [0, 0.1) is 0 Å². The van der Waals surface area contributed by atoms with Crippen LogP contribution in [-0.4, -0.2) is 40.4 Å². The number of ether oxygens (including phenoxy) is 3. The molecule has 0 bridgehead atoms. The number of rotatable bonds is 10. The van der Waals surface area contributed by atoms with Gasteiger partial charge < -0.3 is 29.3 Å². The molecule has 0 amide bonds. The minimum absolute atomic E-state index is 0.494. The summed E-state index contributed by atoms with van der Waals surface area (Å²) in [5.74, 6) is 2.92. The molecule has 0 saturated heterocycles. The van der Waals surface area contributed by atoms with Crippen LogP contribution in [0.4, 0.5) is 0 Å². The number of halogens is 1. The monoisotopic (exact) mass is 439 g/mol. The Morgan fingerprint density at radius 1 is 1.22 bits per heavy atom. The lowest BCUT2D eigenvalue weighted by atomic mass is 10.2. The highest BCUT2D eigenvalue weighted by Crippen LogP contribution is 2.36. The highest BCUT2D eigenvalue weighted by molar-refractivity contribution is 9.10. The SMILES string of the molecule is CN=C(NCCCOCc1ccco1)NCc1cc(Br)c(OC)c(OC)c1. The molecule has 0 aliphatic heterocycles. The molecule has 0 radical (unpaired) electrons. The lowest BCUT2D eigenvalue weighted by molar-refractivity contribution is 0.105. The van der Waals surface area contributed by atoms with Crippen molar-refractivity contribution >= 4 is 21.9 Å². The Morgan fingerprint density at radius 2 is 2.07 bits per heavy atom. The van der Waals surface area contributed by atoms with Crippen molar-refractivity contribution in [2.45, 2.75) is 19.6 Å². The third kappa shape index (κ3) is 6.80. The van der Waals surface area contributed by atoms with Gasteiger partial charge >= 0.3 is 0 Å². The number of hydrogen-bond donors (Lipinski definition) is 2. The largest absolute Gasteiger partial charge is 0.493 e. The van der Waals surface area contributed by atoms with Gasteiger partial charge in [-0.15, -0.1) is 0 Å². The number of aliphatic imine (C=N–C) groups is 1. The number of benzene rings is 1. The molecule has 1 aromatic heterocycles. The van der Waals surface area contributed by atoms with Gasteiger partial charge in [0.25, 0.3) is 0 Å². The van der Waals surface area contributed by atoms with E-state index in [1.54, 1.807) is 27.5 Å². The van der Waals surface area contributed by atoms with E-state index in [9.17, 15) is 0 Å². The molecular formula is C19H26BrN3O4. The molecule has 1 aromatic carbocycles. The van der Waals surface area contributed by atoms with Gasteiger partial charge in [-0.2, -0.15) is 0 Å². The van der Waals surface area contributed by atoms with E-state index in [0.29, 0.717) is 31.3 Å². The summed E-state index contributed by atoms with van der Waals surface area (Å²) in [6.07, 6.45) is 2.51. The second-order valence-corrected chi connectivity index (χ2v) is 6.51. The van der Waals surface area contributed by atoms with Crippen LogP contribution in [0.5, 0.6) is 11.5 Å². The minimum atomic E-state index is 0.494. The molecule has 0 unspecified atom stereocenters. The maximum atomic E-state index is 5.56. The standard InChI is InChI=1S/C19H26BrN3O4/c1-21-19(22-7-5-8-26-13-15-6-4-9-27-15)23-12-14-10-16(20)18(25-3)17(11-14)24-2/h4,6,9-11H,5,7-8,12-13H2,1-3H3,(H2,21,22,23). The number of guanidine groups is 1. The molecule has 1 heterocycles. The van der Waals surface area contributed by atoms with Crippen LogP contribution >= 0.6 is 15.9 Å². The van der Waals surface area contributed by atoms with Gasteiger partial charge in [-0.25, -0.2) is 0 Å². The average molecular weight is 440 g/mol. The molecule has 0 atom stereocenters. The first-order chi connectivity index (χ1) is 13.2. The Morgan fingerprint density at radius 3 is 2.74 bits per heavy atom. The van der Waals surface area contributed by atoms with Crippen molar-refractivity contribution in [1.29, 1.82) is 0 Å². The molecule has 2 aromatic rings. The van der Waals surface area contributed by atoms with Crippen molar-refractivity contribution < 1.29 is 18.6 Å². The number of methoxy groups -OCH3 is 2. The van der Waals surface area contributed by atoms with Crippen molar-refractivity contribution in [2.24, 2.45) is 4.99 Å². The van der Waals surface area contributed by atoms with Crippen LogP contribution in [0.3, 0.4) is 0 Å². The van der Waals surface area contributed by atoms with E-state index in [4.69, 9.17) is 18.6 Å². The van der Waals surface area contributed by atoms with Crippen molar-refractivity contribution in [1.82, 2.24) is 10.6 Å². The molecule has 8 heteroatoms. The Kier molecular flexibility index (Phi) is 9.00. The molecule has 0 spiro atoms. The molecular weight excluding hydrogens is 414 g/mol. The Bertz CT molecular complexity index is 720. The zero-order valence-corrected chi connectivity index (χ0v) is 17.5. The fourth-order valence-electron chi connectivity index (χ4n) is 2.43. The number of nitrogens with zero attached hydrogens (tertiary/aromatic N) is 1. The summed E-state index contributed by atoms with van der Waals surface area (Å²) in [5.41, 5.74) is 1.05. The summed E-state index contributed by atoms with van der Waals surface area (Å²) in [6.45, 7) is 2.50. The predicted molar refractivity (Wildman–Crippen MR) is 108 cm³/mol. The van der Waals surface area contributed by atoms with Crippen LogP contribution in [0.25, 0.3) is 0 Å². The Balaban J connectivity index is 1.71. The fraction of sp³-hybridized carbons (Fsp3) is 0.421. The second kappa shape index (κ2) is 11.5. The summed E-state index contributed by atoms with van der Waals surface area (Å²) in [5, 5.41) is 6.55. The highest BCUT2D eigenvalue weighted by atomic mass is 79.9. The molecule has 148 valence electrons. The zero-order chi connectivity index (χ0) is 19.5. The van der Waals surface area contributed by atoms with Crippen LogP contribution in [-0.2, 0) is 17.9 Å². The fourth-order valence-corrected chi connectivity index (χ4v) is 3.08. The van der Waals surface area contributed by atoms with Gasteiger partial charge in [0.2, 0.25) is 0 Å². The van der Waals surface area contributed by atoms with Crippen molar-refractivity contribution in [3.63, 3.8) is 0 Å². The smallest absolute Gasteiger partial charge is 0.191 e. The number of nitrogens with one attached hydrogen (secondary N) is 2. The normalized spacial score (nSPS) is 11.3. The molecule has 7 nitrogen and oxygen atoms in total. The topological polar surface area (TPSA) is 77.3 Å². The lowest BCUT2D eigenvalue weighted by Crippen LogP contribution is -2.37. The van der Waals surface area contributed by atoms with E-state index in [0.717, 1.165) is 34.7 Å². The average Bonchev–Trinajstić information content (AvgIpc) is 3.19. The van der Waals surface area contributed by atoms with E-state index < -0.39 is 0 Å². The van der Waals surface area contributed by atoms with Gasteiger partial charge in [-0.1, -0.05) is 0 Å². The first kappa shape index (κ1) is 21.1. The van der Waals surface area contributed by atoms with Gasteiger partial charge in [0, 0.05) is 26.7 Å². The zero-order valence-electron chi connectivity index (χ0n) is 15.9.